The molecule has 0 aromatic heterocycles. The van der Waals surface area contributed by atoms with Gasteiger partial charge in [-0.15, -0.1) is 0 Å². The number of aliphatic hydroxyl groups is 6. The fourth-order valence-electron chi connectivity index (χ4n) is 10.4. The number of unbranched alkanes of at least 4 members (excludes halogenated alkanes) is 1. The lowest BCUT2D eigenvalue weighted by molar-refractivity contribution is -0.285. The molecule has 2 saturated heterocycles. The molecular weight excluding hydrogens is 1050 g/mol. The Hall–Kier alpha value is -6.85. The predicted molar refractivity (Wildman–Crippen MR) is 303 cm³/mol. The van der Waals surface area contributed by atoms with Crippen LogP contribution in [0.3, 0.4) is 0 Å². The maximum absolute atomic E-state index is 14.3. The fraction of sp³-hybridized carbons (Fsp3) is 0.413. The molecule has 2 aliphatic rings. The van der Waals surface area contributed by atoms with Crippen molar-refractivity contribution in [1.82, 2.24) is 15.1 Å². The molecule has 19 heteroatoms. The molecule has 19 nitrogen and oxygen atoms in total. The van der Waals surface area contributed by atoms with Gasteiger partial charge >= 0.3 is 12.2 Å². The highest BCUT2D eigenvalue weighted by molar-refractivity contribution is 5.89. The molecule has 2 fully saturated rings. The first-order chi connectivity index (χ1) is 39.8. The minimum absolute atomic E-state index is 0.00429. The lowest BCUT2D eigenvalue weighted by atomic mass is 9.93. The summed E-state index contributed by atoms with van der Waals surface area (Å²) in [4.78, 5) is 43.1. The summed E-state index contributed by atoms with van der Waals surface area (Å²) in [7, 11) is 0. The van der Waals surface area contributed by atoms with Crippen molar-refractivity contribution in [3.05, 3.63) is 191 Å². The summed E-state index contributed by atoms with van der Waals surface area (Å²) in [6, 6.07) is 47.3. The van der Waals surface area contributed by atoms with Crippen LogP contribution in [0.1, 0.15) is 71.6 Å². The zero-order valence-electron chi connectivity index (χ0n) is 45.8. The lowest BCUT2D eigenvalue weighted by Crippen LogP contribution is -2.56. The third-order valence-electron chi connectivity index (χ3n) is 14.8. The van der Waals surface area contributed by atoms with Crippen LogP contribution in [0.15, 0.2) is 158 Å². The molecule has 0 radical (unpaired) electrons. The van der Waals surface area contributed by atoms with E-state index in [0.717, 1.165) is 46.7 Å². The molecule has 0 aliphatic carbocycles. The van der Waals surface area contributed by atoms with E-state index in [0.29, 0.717) is 29.7 Å². The SMILES string of the molecule is NC(=O)[C@H](CCc1ccc(CCCCNC(=O)OCc2ccccc2)c2ccccc12)N(CCCN(C[C@H](O)[C@@H](O)[C@@H]1OC(c2ccccc2)OC[C@H]1O)C[C@H](O)[C@@H](O)[C@@H]1OC(c2ccccc2)OC[C@H]1O)C(=O)OCc1ccccc1. The van der Waals surface area contributed by atoms with E-state index in [-0.39, 0.29) is 65.4 Å². The zero-order chi connectivity index (χ0) is 57.8. The monoisotopic (exact) mass is 1130 g/mol. The van der Waals surface area contributed by atoms with Crippen molar-refractivity contribution in [1.29, 1.82) is 0 Å². The van der Waals surface area contributed by atoms with E-state index < -0.39 is 85.5 Å². The minimum atomic E-state index is -1.68. The average Bonchev–Trinajstić information content (AvgIpc) is 3.52. The normalized spacial score (nSPS) is 21.0. The molecule has 2 aliphatic heterocycles. The molecule has 0 spiro atoms. The van der Waals surface area contributed by atoms with Crippen LogP contribution < -0.4 is 11.1 Å². The number of hydrogen-bond donors (Lipinski definition) is 8. The van der Waals surface area contributed by atoms with Crippen LogP contribution in [0, 0.1) is 0 Å². The maximum atomic E-state index is 14.3. The van der Waals surface area contributed by atoms with E-state index in [9.17, 15) is 45.0 Å². The molecule has 0 bridgehead atoms. The van der Waals surface area contributed by atoms with Crippen LogP contribution in [0.25, 0.3) is 10.8 Å². The molecule has 2 unspecified atom stereocenters. The van der Waals surface area contributed by atoms with Crippen LogP contribution >= 0.6 is 0 Å². The summed E-state index contributed by atoms with van der Waals surface area (Å²) < 4.78 is 34.6. The maximum Gasteiger partial charge on any atom is 0.410 e. The van der Waals surface area contributed by atoms with Crippen molar-refractivity contribution in [3.8, 4) is 0 Å². The number of primary amides is 1. The molecule has 82 heavy (non-hydrogen) atoms. The average molecular weight is 1130 g/mol. The number of nitrogens with one attached hydrogen (secondary N) is 1. The molecular formula is C63H76N4O15. The number of benzene rings is 6. The van der Waals surface area contributed by atoms with E-state index in [1.807, 2.05) is 91.0 Å². The molecule has 11 atom stereocenters. The number of amides is 3. The third kappa shape index (κ3) is 17.3. The lowest BCUT2D eigenvalue weighted by Gasteiger charge is -2.40. The van der Waals surface area contributed by atoms with Crippen LogP contribution in [-0.2, 0) is 59.3 Å². The summed E-state index contributed by atoms with van der Waals surface area (Å²) in [6.07, 6.45) is -12.2. The number of fused-ring (bicyclic) bond motifs is 1. The summed E-state index contributed by atoms with van der Waals surface area (Å²) >= 11 is 0. The molecule has 3 amide bonds. The van der Waals surface area contributed by atoms with Gasteiger partial charge < -0.3 is 70.1 Å². The van der Waals surface area contributed by atoms with Crippen molar-refractivity contribution < 1.29 is 73.4 Å². The summed E-state index contributed by atoms with van der Waals surface area (Å²) in [5, 5.41) is 73.5. The van der Waals surface area contributed by atoms with E-state index in [2.05, 4.69) is 11.4 Å². The Morgan fingerprint density at radius 3 is 1.54 bits per heavy atom. The molecule has 438 valence electrons. The van der Waals surface area contributed by atoms with Crippen LogP contribution in [0.4, 0.5) is 9.59 Å². The third-order valence-corrected chi connectivity index (χ3v) is 14.8. The van der Waals surface area contributed by atoms with Crippen LogP contribution in [-0.4, -0.2) is 159 Å². The van der Waals surface area contributed by atoms with Gasteiger partial charge in [-0.2, -0.15) is 0 Å². The second-order valence-corrected chi connectivity index (χ2v) is 20.8. The van der Waals surface area contributed by atoms with Crippen LogP contribution in [0.2, 0.25) is 0 Å². The van der Waals surface area contributed by atoms with Crippen molar-refractivity contribution in [2.24, 2.45) is 5.73 Å². The van der Waals surface area contributed by atoms with E-state index in [1.54, 1.807) is 65.6 Å². The first kappa shape index (κ1) is 61.2. The Morgan fingerprint density at radius 1 is 0.573 bits per heavy atom. The molecule has 8 rings (SSSR count). The molecule has 9 N–H and O–H groups in total. The van der Waals surface area contributed by atoms with Gasteiger partial charge in [0.2, 0.25) is 5.91 Å². The Bertz CT molecular complexity index is 2820. The topological polar surface area (TPSA) is 272 Å². The number of ether oxygens (including phenoxy) is 6. The van der Waals surface area contributed by atoms with Gasteiger partial charge in [0, 0.05) is 43.9 Å². The summed E-state index contributed by atoms with van der Waals surface area (Å²) in [5.74, 6) is -0.767. The van der Waals surface area contributed by atoms with Gasteiger partial charge in [0.05, 0.1) is 25.4 Å². The van der Waals surface area contributed by atoms with Gasteiger partial charge in [0.1, 0.15) is 55.9 Å². The number of nitrogens with zero attached hydrogens (tertiary/aromatic N) is 2. The number of aryl methyl sites for hydroxylation is 2. The predicted octanol–water partition coefficient (Wildman–Crippen LogP) is 5.60. The number of carbonyl (C=O) groups excluding carboxylic acids is 3. The zero-order valence-corrected chi connectivity index (χ0v) is 45.8. The van der Waals surface area contributed by atoms with E-state index in [1.165, 1.54) is 4.90 Å². The molecule has 6 aromatic carbocycles. The number of aliphatic hydroxyl groups excluding tert-OH is 6. The first-order valence-corrected chi connectivity index (χ1v) is 28.0. The Balaban J connectivity index is 0.959. The summed E-state index contributed by atoms with van der Waals surface area (Å²) in [6.45, 7) is -0.654. The highest BCUT2D eigenvalue weighted by Crippen LogP contribution is 2.32. The van der Waals surface area contributed by atoms with E-state index in [4.69, 9.17) is 34.2 Å². The number of rotatable bonds is 28. The Labute approximate surface area is 477 Å². The van der Waals surface area contributed by atoms with E-state index >= 15 is 0 Å². The van der Waals surface area contributed by atoms with Crippen molar-refractivity contribution in [3.63, 3.8) is 0 Å². The smallest absolute Gasteiger partial charge is 0.410 e. The second kappa shape index (κ2) is 31.0. The first-order valence-electron chi connectivity index (χ1n) is 28.0. The van der Waals surface area contributed by atoms with Crippen molar-refractivity contribution >= 4 is 28.9 Å². The van der Waals surface area contributed by atoms with Crippen molar-refractivity contribution in [2.45, 2.75) is 119 Å². The quantitative estimate of drug-likeness (QED) is 0.0278. The Morgan fingerprint density at radius 2 is 1.04 bits per heavy atom. The van der Waals surface area contributed by atoms with Gasteiger partial charge in [-0.25, -0.2) is 9.59 Å². The molecule has 6 aromatic rings. The van der Waals surface area contributed by atoms with Gasteiger partial charge in [0.15, 0.2) is 12.6 Å². The van der Waals surface area contributed by atoms with Crippen LogP contribution in [0.5, 0.6) is 0 Å². The molecule has 0 saturated carbocycles. The highest BCUT2D eigenvalue weighted by Gasteiger charge is 2.42. The number of alkyl carbamates (subject to hydrolysis) is 1. The van der Waals surface area contributed by atoms with Gasteiger partial charge in [-0.3, -0.25) is 14.6 Å². The van der Waals surface area contributed by atoms with Gasteiger partial charge in [0.25, 0.3) is 0 Å². The molecule has 2 heterocycles. The largest absolute Gasteiger partial charge is 0.445 e. The standard InChI is InChI=1S/C63H76N4O15/c64-59(74)50(32-31-45-30-29-44(48-27-13-14-28-49(45)48)22-15-16-33-65-62(75)79-38-42-18-5-1-6-19-42)67(63(76)80-39-43-20-7-2-8-21-43)35-17-34-66(36-51(68)55(72)57-53(70)40-77-60(81-57)46-23-9-3-10-24-46)37-52(69)56(73)58-54(71)41-78-61(82-58)47-25-11-4-12-26-47/h1-14,18-21,23-30,50-58,60-61,68-73H,15-17,22,31-41H2,(H2,64,74)(H,65,75)/t50-,51-,52-,53+,54+,55+,56+,57+,58+,60?,61?/m0/s1. The number of nitrogens with two attached hydrogens (primary N) is 1. The minimum Gasteiger partial charge on any atom is -0.445 e. The number of carbonyl (C=O) groups is 3. The second-order valence-electron chi connectivity index (χ2n) is 20.8. The van der Waals surface area contributed by atoms with Gasteiger partial charge in [-0.05, 0) is 71.6 Å². The van der Waals surface area contributed by atoms with Gasteiger partial charge in [-0.1, -0.05) is 158 Å². The highest BCUT2D eigenvalue weighted by atomic mass is 16.7. The fourth-order valence-corrected chi connectivity index (χ4v) is 10.4. The summed E-state index contributed by atoms with van der Waals surface area (Å²) in [5.41, 5.74) is 11.1. The Kier molecular flexibility index (Phi) is 23.1. The number of hydrogen-bond acceptors (Lipinski definition) is 16. The van der Waals surface area contributed by atoms with Crippen molar-refractivity contribution in [2.75, 3.05) is 45.9 Å².